The van der Waals surface area contributed by atoms with Crippen LogP contribution in [0.2, 0.25) is 10.0 Å². The fraction of sp³-hybridized carbons (Fsp3) is 0.333. The molecule has 0 spiro atoms. The lowest BCUT2D eigenvalue weighted by atomic mass is 9.90. The number of pyridine rings is 2. The van der Waals surface area contributed by atoms with Gasteiger partial charge in [0.15, 0.2) is 0 Å². The van der Waals surface area contributed by atoms with E-state index in [1.54, 1.807) is 44.3 Å². The molecule has 2 aromatic heterocycles. The van der Waals surface area contributed by atoms with E-state index >= 15 is 0 Å². The minimum absolute atomic E-state index is 0.0839. The van der Waals surface area contributed by atoms with E-state index < -0.39 is 11.7 Å². The lowest BCUT2D eigenvalue weighted by Crippen LogP contribution is -2.33. The Morgan fingerprint density at radius 2 is 1.97 bits per heavy atom. The second-order valence-electron chi connectivity index (χ2n) is 9.69. The number of nitrogens with two attached hydrogens (primary N) is 1. The SMILES string of the molecule is C[C@@H](Oc1ccc(N)c(C(=N)c2cnc(N3CC[C@@H](C(C)(C)O)C3)c(C#N)c2)c1)c1c(Cl)cncc1Cl. The molecule has 1 aliphatic heterocycles. The maximum absolute atomic E-state index is 10.4. The molecular formula is C27H28Cl2N6O2. The third-order valence-electron chi connectivity index (χ3n) is 6.67. The van der Waals surface area contributed by atoms with E-state index in [-0.39, 0.29) is 11.6 Å². The second-order valence-corrected chi connectivity index (χ2v) is 10.5. The zero-order valence-electron chi connectivity index (χ0n) is 20.8. The number of rotatable bonds is 7. The van der Waals surface area contributed by atoms with Crippen molar-refractivity contribution in [1.82, 2.24) is 9.97 Å². The molecule has 1 saturated heterocycles. The number of nitrogens with one attached hydrogen (secondary N) is 1. The fourth-order valence-corrected chi connectivity index (χ4v) is 5.18. The highest BCUT2D eigenvalue weighted by Crippen LogP contribution is 2.34. The van der Waals surface area contributed by atoms with Crippen LogP contribution < -0.4 is 15.4 Å². The summed E-state index contributed by atoms with van der Waals surface area (Å²) in [6.07, 6.45) is 4.91. The van der Waals surface area contributed by atoms with E-state index in [4.69, 9.17) is 39.1 Å². The molecule has 192 valence electrons. The Balaban J connectivity index is 1.58. The number of benzene rings is 1. The van der Waals surface area contributed by atoms with Gasteiger partial charge in [-0.3, -0.25) is 10.4 Å². The van der Waals surface area contributed by atoms with Gasteiger partial charge in [0.2, 0.25) is 0 Å². The van der Waals surface area contributed by atoms with Gasteiger partial charge in [-0.25, -0.2) is 4.98 Å². The number of ether oxygens (including phenoxy) is 1. The average molecular weight is 539 g/mol. The Hall–Kier alpha value is -3.38. The van der Waals surface area contributed by atoms with Crippen LogP contribution >= 0.6 is 23.2 Å². The maximum Gasteiger partial charge on any atom is 0.146 e. The monoisotopic (exact) mass is 538 g/mol. The van der Waals surface area contributed by atoms with Crippen LogP contribution in [-0.2, 0) is 0 Å². The van der Waals surface area contributed by atoms with E-state index in [2.05, 4.69) is 16.0 Å². The predicted octanol–water partition coefficient (Wildman–Crippen LogP) is 5.39. The molecule has 37 heavy (non-hydrogen) atoms. The Kier molecular flexibility index (Phi) is 7.60. The summed E-state index contributed by atoms with van der Waals surface area (Å²) in [7, 11) is 0. The van der Waals surface area contributed by atoms with Gasteiger partial charge in [-0.05, 0) is 51.5 Å². The molecule has 4 rings (SSSR count). The molecule has 0 bridgehead atoms. The minimum atomic E-state index is -0.806. The molecule has 3 aromatic rings. The average Bonchev–Trinajstić information content (AvgIpc) is 3.35. The van der Waals surface area contributed by atoms with E-state index in [0.717, 1.165) is 6.42 Å². The van der Waals surface area contributed by atoms with Crippen molar-refractivity contribution in [3.05, 3.63) is 75.2 Å². The highest BCUT2D eigenvalue weighted by molar-refractivity contribution is 6.35. The molecule has 3 heterocycles. The van der Waals surface area contributed by atoms with Gasteiger partial charge in [-0.1, -0.05) is 23.2 Å². The largest absolute Gasteiger partial charge is 0.486 e. The van der Waals surface area contributed by atoms with Crippen molar-refractivity contribution in [3.63, 3.8) is 0 Å². The van der Waals surface area contributed by atoms with Crippen LogP contribution in [0.25, 0.3) is 0 Å². The molecule has 0 saturated carbocycles. The molecule has 0 aliphatic carbocycles. The lowest BCUT2D eigenvalue weighted by Gasteiger charge is -2.26. The highest BCUT2D eigenvalue weighted by Gasteiger charge is 2.34. The number of hydrogen-bond donors (Lipinski definition) is 3. The Bertz CT molecular complexity index is 1360. The van der Waals surface area contributed by atoms with Crippen LogP contribution in [0.1, 0.15) is 55.5 Å². The van der Waals surface area contributed by atoms with Crippen molar-refractivity contribution >= 4 is 40.4 Å². The molecule has 1 fully saturated rings. The standard InChI is InChI=1S/C27H28Cl2N6O2/c1-15(24-21(28)12-33-13-22(24)29)37-19-4-5-23(31)20(9-19)25(32)17-8-16(10-30)26(34-11-17)35-7-6-18(14-35)27(2,3)36/h4-5,8-9,11-13,15,18,32,36H,6-7,14,31H2,1-3H3/t15-,18-/m1/s1. The van der Waals surface area contributed by atoms with Gasteiger partial charge in [-0.2, -0.15) is 5.26 Å². The fourth-order valence-electron chi connectivity index (χ4n) is 4.51. The van der Waals surface area contributed by atoms with Crippen LogP contribution in [0.5, 0.6) is 5.75 Å². The first-order valence-electron chi connectivity index (χ1n) is 11.8. The first-order chi connectivity index (χ1) is 17.5. The molecule has 10 heteroatoms. The summed E-state index contributed by atoms with van der Waals surface area (Å²) in [6, 6.07) is 8.89. The molecule has 2 atom stereocenters. The van der Waals surface area contributed by atoms with Crippen LogP contribution in [0.3, 0.4) is 0 Å². The normalized spacial score (nSPS) is 16.4. The molecule has 8 nitrogen and oxygen atoms in total. The van der Waals surface area contributed by atoms with E-state index in [0.29, 0.717) is 62.6 Å². The third kappa shape index (κ3) is 5.64. The van der Waals surface area contributed by atoms with Crippen molar-refractivity contribution in [2.24, 2.45) is 5.92 Å². The smallest absolute Gasteiger partial charge is 0.146 e. The van der Waals surface area contributed by atoms with Gasteiger partial charge < -0.3 is 20.5 Å². The van der Waals surface area contributed by atoms with Gasteiger partial charge in [-0.15, -0.1) is 0 Å². The number of nitriles is 1. The Morgan fingerprint density at radius 1 is 1.27 bits per heavy atom. The summed E-state index contributed by atoms with van der Waals surface area (Å²) in [6.45, 7) is 6.72. The number of nitrogen functional groups attached to an aromatic ring is 1. The number of aromatic nitrogens is 2. The quantitative estimate of drug-likeness (QED) is 0.271. The minimum Gasteiger partial charge on any atom is -0.486 e. The van der Waals surface area contributed by atoms with Crippen LogP contribution in [0, 0.1) is 22.7 Å². The maximum atomic E-state index is 10.4. The Labute approximate surface area is 226 Å². The van der Waals surface area contributed by atoms with Crippen molar-refractivity contribution in [1.29, 1.82) is 10.7 Å². The van der Waals surface area contributed by atoms with E-state index in [1.165, 1.54) is 12.4 Å². The van der Waals surface area contributed by atoms with Gasteiger partial charge >= 0.3 is 0 Å². The van der Waals surface area contributed by atoms with Crippen LogP contribution in [0.4, 0.5) is 11.5 Å². The molecule has 0 amide bonds. The third-order valence-corrected chi connectivity index (χ3v) is 7.27. The topological polar surface area (TPSA) is 132 Å². The summed E-state index contributed by atoms with van der Waals surface area (Å²) in [5, 5.41) is 29.8. The first kappa shape index (κ1) is 26.7. The summed E-state index contributed by atoms with van der Waals surface area (Å²) < 4.78 is 6.07. The zero-order chi connectivity index (χ0) is 26.9. The number of halogens is 2. The molecular weight excluding hydrogens is 511 g/mol. The predicted molar refractivity (Wildman–Crippen MR) is 146 cm³/mol. The summed E-state index contributed by atoms with van der Waals surface area (Å²) >= 11 is 12.5. The van der Waals surface area contributed by atoms with Crippen LogP contribution in [0.15, 0.2) is 42.9 Å². The molecule has 1 aromatic carbocycles. The van der Waals surface area contributed by atoms with Gasteiger partial charge in [0.05, 0.1) is 26.9 Å². The summed E-state index contributed by atoms with van der Waals surface area (Å²) in [5.41, 5.74) is 7.77. The first-order valence-corrected chi connectivity index (χ1v) is 12.6. The lowest BCUT2D eigenvalue weighted by molar-refractivity contribution is 0.0263. The highest BCUT2D eigenvalue weighted by atomic mass is 35.5. The molecule has 4 N–H and O–H groups in total. The van der Waals surface area contributed by atoms with Crippen molar-refractivity contribution in [2.45, 2.75) is 38.9 Å². The van der Waals surface area contributed by atoms with Crippen molar-refractivity contribution in [3.8, 4) is 11.8 Å². The van der Waals surface area contributed by atoms with E-state index in [9.17, 15) is 10.4 Å². The van der Waals surface area contributed by atoms with Crippen molar-refractivity contribution < 1.29 is 9.84 Å². The van der Waals surface area contributed by atoms with Crippen LogP contribution in [-0.4, -0.2) is 39.5 Å². The summed E-state index contributed by atoms with van der Waals surface area (Å²) in [5.74, 6) is 1.11. The second kappa shape index (κ2) is 10.5. The van der Waals surface area contributed by atoms with Gasteiger partial charge in [0, 0.05) is 60.0 Å². The number of anilines is 2. The van der Waals surface area contributed by atoms with Gasteiger partial charge in [0.1, 0.15) is 23.7 Å². The number of aliphatic hydroxyl groups is 1. The zero-order valence-corrected chi connectivity index (χ0v) is 22.3. The number of nitrogens with zero attached hydrogens (tertiary/aromatic N) is 4. The van der Waals surface area contributed by atoms with Crippen molar-refractivity contribution in [2.75, 3.05) is 23.7 Å². The molecule has 0 radical (unpaired) electrons. The van der Waals surface area contributed by atoms with E-state index in [1.807, 2.05) is 11.8 Å². The molecule has 1 aliphatic rings. The van der Waals surface area contributed by atoms with Gasteiger partial charge in [0.25, 0.3) is 0 Å². The number of hydrogen-bond acceptors (Lipinski definition) is 8. The molecule has 0 unspecified atom stereocenters. The Morgan fingerprint density at radius 3 is 2.59 bits per heavy atom. The summed E-state index contributed by atoms with van der Waals surface area (Å²) in [4.78, 5) is 10.5.